The number of imidazole rings is 1. The molecule has 62 heavy (non-hydrogen) atoms. The molecule has 370 valence electrons. The summed E-state index contributed by atoms with van der Waals surface area (Å²) in [5, 5.41) is 0. The maximum Gasteiger partial charge on any atom is 0.253 e. The molecular weight excluding hydrogens is 772 g/mol. The van der Waals surface area contributed by atoms with Crippen molar-refractivity contribution in [3.05, 3.63) is 17.2 Å². The third-order valence-corrected chi connectivity index (χ3v) is 15.4. The summed E-state index contributed by atoms with van der Waals surface area (Å²) in [5.74, 6) is 4.10. The molecule has 1 rings (SSSR count). The number of hydrogen-bond acceptors (Lipinski definition) is 0. The number of hydrogen-bond donors (Lipinski definition) is 0. The van der Waals surface area contributed by atoms with Gasteiger partial charge in [0, 0.05) is 20.8 Å². The summed E-state index contributed by atoms with van der Waals surface area (Å²) in [7, 11) is 2.28. The van der Waals surface area contributed by atoms with Crippen LogP contribution in [0, 0.1) is 38.5 Å². The second kappa shape index (κ2) is 44.3. The van der Waals surface area contributed by atoms with Gasteiger partial charge in [0.15, 0.2) is 0 Å². The van der Waals surface area contributed by atoms with Crippen molar-refractivity contribution >= 4 is 0 Å². The van der Waals surface area contributed by atoms with Crippen LogP contribution >= 0.6 is 0 Å². The van der Waals surface area contributed by atoms with E-state index in [9.17, 15) is 0 Å². The molecule has 3 heteroatoms. The highest BCUT2D eigenvalue weighted by Gasteiger charge is 2.27. The van der Waals surface area contributed by atoms with E-state index in [1.165, 1.54) is 293 Å². The molecule has 2 nitrogen and oxygen atoms in total. The molecule has 0 N–H and O–H groups in total. The van der Waals surface area contributed by atoms with Crippen molar-refractivity contribution in [2.24, 2.45) is 24.8 Å². The van der Waals surface area contributed by atoms with Gasteiger partial charge in [-0.15, -0.1) is 0 Å². The summed E-state index contributed by atoms with van der Waals surface area (Å²) < 4.78 is 5.20. The summed E-state index contributed by atoms with van der Waals surface area (Å²) in [5.41, 5.74) is 2.95. The Bertz CT molecular complexity index is 998. The Labute approximate surface area is 399 Å². The second-order valence-electron chi connectivity index (χ2n) is 21.6. The molecule has 2 unspecified atom stereocenters. The number of nitrogens with zero attached hydrogens (tertiary/aromatic N) is 2. The molecule has 0 aliphatic heterocycles. The summed E-state index contributed by atoms with van der Waals surface area (Å²) in [4.78, 5) is 0. The van der Waals surface area contributed by atoms with Crippen molar-refractivity contribution in [3.8, 4) is 0 Å². The highest BCUT2D eigenvalue weighted by Crippen LogP contribution is 2.31. The van der Waals surface area contributed by atoms with Crippen LogP contribution in [0.15, 0.2) is 0 Å². The molecule has 0 saturated carbocycles. The first kappa shape index (κ1) is 61.5. The molecule has 0 aromatic carbocycles. The highest BCUT2D eigenvalue weighted by atomic mass is 35.5. The lowest BCUT2D eigenvalue weighted by atomic mass is 9.88. The van der Waals surface area contributed by atoms with Gasteiger partial charge in [-0.05, 0) is 43.4 Å². The Kier molecular flexibility index (Phi) is 44.0. The first-order valence-electron chi connectivity index (χ1n) is 28.8. The lowest BCUT2D eigenvalue weighted by molar-refractivity contribution is -0.683. The Morgan fingerprint density at radius 3 is 1.02 bits per heavy atom. The normalized spacial score (nSPS) is 12.8. The Morgan fingerprint density at radius 1 is 0.371 bits per heavy atom. The molecular formula is C59H117ClN2. The summed E-state index contributed by atoms with van der Waals surface area (Å²) in [6.45, 7) is 19.0. The fourth-order valence-corrected chi connectivity index (χ4v) is 10.7. The van der Waals surface area contributed by atoms with Crippen LogP contribution < -0.4 is 17.0 Å². The van der Waals surface area contributed by atoms with E-state index < -0.39 is 0 Å². The van der Waals surface area contributed by atoms with E-state index in [1.807, 2.05) is 0 Å². The van der Waals surface area contributed by atoms with Crippen LogP contribution in [0.5, 0.6) is 0 Å². The van der Waals surface area contributed by atoms with Gasteiger partial charge >= 0.3 is 0 Å². The Balaban J connectivity index is 0.0000372. The largest absolute Gasteiger partial charge is 1.00 e. The minimum atomic E-state index is 0. The zero-order valence-electron chi connectivity index (χ0n) is 44.5. The maximum absolute atomic E-state index is 2.75. The molecule has 0 amide bonds. The van der Waals surface area contributed by atoms with Gasteiger partial charge in [-0.25, -0.2) is 9.13 Å². The van der Waals surface area contributed by atoms with E-state index >= 15 is 0 Å². The number of rotatable bonds is 47. The van der Waals surface area contributed by atoms with Gasteiger partial charge in [0.05, 0.1) is 7.05 Å². The second-order valence-corrected chi connectivity index (χ2v) is 21.6. The van der Waals surface area contributed by atoms with Gasteiger partial charge in [-0.1, -0.05) is 285 Å². The van der Waals surface area contributed by atoms with E-state index in [-0.39, 0.29) is 12.4 Å². The molecule has 1 aromatic heterocycles. The van der Waals surface area contributed by atoms with Crippen LogP contribution in [0.1, 0.15) is 334 Å². The fraction of sp³-hybridized carbons (Fsp3) is 0.949. The molecule has 0 fully saturated rings. The van der Waals surface area contributed by atoms with Crippen LogP contribution in [0.3, 0.4) is 0 Å². The average molecular weight is 890 g/mol. The first-order valence-corrected chi connectivity index (χ1v) is 28.8. The molecule has 1 heterocycles. The molecule has 0 spiro atoms. The quantitative estimate of drug-likeness (QED) is 0.0455. The van der Waals surface area contributed by atoms with Gasteiger partial charge in [-0.3, -0.25) is 0 Å². The Morgan fingerprint density at radius 2 is 0.694 bits per heavy atom. The highest BCUT2D eigenvalue weighted by molar-refractivity contribution is 5.08. The van der Waals surface area contributed by atoms with Gasteiger partial charge in [0.25, 0.3) is 5.82 Å². The average Bonchev–Trinajstić information content (AvgIpc) is 3.43. The number of unbranched alkanes of at least 4 members (excludes halogenated alkanes) is 31. The molecule has 0 aliphatic rings. The molecule has 0 aliphatic carbocycles. The first-order chi connectivity index (χ1) is 29.7. The third kappa shape index (κ3) is 33.9. The number of halogens is 1. The van der Waals surface area contributed by atoms with Gasteiger partial charge < -0.3 is 12.4 Å². The topological polar surface area (TPSA) is 8.81 Å². The zero-order chi connectivity index (χ0) is 44.6. The van der Waals surface area contributed by atoms with Crippen molar-refractivity contribution in [2.45, 2.75) is 338 Å². The van der Waals surface area contributed by atoms with Gasteiger partial charge in [-0.2, -0.15) is 0 Å². The maximum atomic E-state index is 2.75. The molecule has 0 bridgehead atoms. The standard InChI is InChI=1S/C59H117N2.ClH/c1-10-12-14-16-18-20-22-24-26-28-30-32-34-36-38-40-47-58(48-41-39-37-35-33-31-29-27-25-23-21-19-17-15-13-11-2)49-42-43-50-59(52-51-54(5)46-44-45-53(3)4)61-56(7)55(6)60(9)57(61)8;/h53-54,58-59H,10-52H2,1-9H3;1H/q+1;/p-1. The van der Waals surface area contributed by atoms with Crippen molar-refractivity contribution in [3.63, 3.8) is 0 Å². The molecule has 0 radical (unpaired) electrons. The van der Waals surface area contributed by atoms with Crippen molar-refractivity contribution in [1.82, 2.24) is 4.57 Å². The van der Waals surface area contributed by atoms with Crippen LogP contribution in [0.4, 0.5) is 0 Å². The van der Waals surface area contributed by atoms with Gasteiger partial charge in [0.2, 0.25) is 0 Å². The molecule has 0 saturated heterocycles. The van der Waals surface area contributed by atoms with Gasteiger partial charge in [0.1, 0.15) is 17.4 Å². The zero-order valence-corrected chi connectivity index (χ0v) is 45.2. The monoisotopic (exact) mass is 889 g/mol. The minimum Gasteiger partial charge on any atom is -1.00 e. The van der Waals surface area contributed by atoms with Crippen molar-refractivity contribution < 1.29 is 17.0 Å². The van der Waals surface area contributed by atoms with Crippen LogP contribution in [-0.2, 0) is 7.05 Å². The SMILES string of the molecule is CCCCCCCCCCCCCCCCCCC(CCCCCCCCCCCCCCCCCC)CCCCC(CCC(C)CCCC(C)C)n1c(C)c(C)[n+](C)c1C.[Cl-]. The van der Waals surface area contributed by atoms with Crippen molar-refractivity contribution in [2.75, 3.05) is 0 Å². The van der Waals surface area contributed by atoms with Crippen LogP contribution in [-0.4, -0.2) is 4.57 Å². The summed E-state index contributed by atoms with van der Waals surface area (Å²) in [6, 6.07) is 0.659. The lowest BCUT2D eigenvalue weighted by Crippen LogP contribution is -3.00. The number of aromatic nitrogens is 2. The fourth-order valence-electron chi connectivity index (χ4n) is 10.7. The lowest BCUT2D eigenvalue weighted by Gasteiger charge is -2.21. The van der Waals surface area contributed by atoms with E-state index in [1.54, 1.807) is 0 Å². The van der Waals surface area contributed by atoms with Crippen LogP contribution in [0.2, 0.25) is 0 Å². The van der Waals surface area contributed by atoms with E-state index in [0.717, 1.165) is 17.8 Å². The smallest absolute Gasteiger partial charge is 0.253 e. The van der Waals surface area contributed by atoms with E-state index in [4.69, 9.17) is 0 Å². The summed E-state index contributed by atoms with van der Waals surface area (Å²) >= 11 is 0. The minimum absolute atomic E-state index is 0. The summed E-state index contributed by atoms with van der Waals surface area (Å²) in [6.07, 6.45) is 62.6. The molecule has 1 aromatic rings. The van der Waals surface area contributed by atoms with Crippen molar-refractivity contribution in [1.29, 1.82) is 0 Å². The Hall–Kier alpha value is -0.500. The van der Waals surface area contributed by atoms with E-state index in [2.05, 4.69) is 71.6 Å². The predicted molar refractivity (Wildman–Crippen MR) is 276 cm³/mol. The third-order valence-electron chi connectivity index (χ3n) is 15.4. The van der Waals surface area contributed by atoms with Crippen LogP contribution in [0.25, 0.3) is 0 Å². The predicted octanol–water partition coefficient (Wildman–Crippen LogP) is 17.5. The molecule has 2 atom stereocenters. The van der Waals surface area contributed by atoms with E-state index in [0.29, 0.717) is 6.04 Å².